The lowest BCUT2D eigenvalue weighted by Gasteiger charge is -2.14. The Morgan fingerprint density at radius 2 is 2.00 bits per heavy atom. The predicted molar refractivity (Wildman–Crippen MR) is 91.5 cm³/mol. The van der Waals surface area contributed by atoms with Crippen molar-refractivity contribution in [3.8, 4) is 11.5 Å². The molecule has 7 heteroatoms. The normalized spacial score (nSPS) is 10.5. The Labute approximate surface area is 144 Å². The van der Waals surface area contributed by atoms with Crippen molar-refractivity contribution in [2.75, 3.05) is 19.4 Å². The van der Waals surface area contributed by atoms with Crippen LogP contribution < -0.4 is 5.32 Å². The molecule has 128 valence electrons. The Morgan fingerprint density at radius 3 is 2.76 bits per heavy atom. The number of halogens is 1. The summed E-state index contributed by atoms with van der Waals surface area (Å²) in [7, 11) is 3.40. The largest absolute Gasteiger partial charge is 0.377 e. The molecule has 0 bridgehead atoms. The highest BCUT2D eigenvalue weighted by molar-refractivity contribution is 5.99. The van der Waals surface area contributed by atoms with Gasteiger partial charge in [-0.2, -0.15) is 4.98 Å². The Balaban J connectivity index is 1.74. The molecule has 1 aromatic heterocycles. The number of nitrogens with zero attached hydrogens (tertiary/aromatic N) is 3. The molecule has 1 N–H and O–H groups in total. The van der Waals surface area contributed by atoms with Gasteiger partial charge in [-0.1, -0.05) is 23.4 Å². The van der Waals surface area contributed by atoms with Crippen LogP contribution in [0.3, 0.4) is 0 Å². The molecule has 0 aliphatic rings. The van der Waals surface area contributed by atoms with E-state index in [9.17, 15) is 9.18 Å². The predicted octanol–water partition coefficient (Wildman–Crippen LogP) is 3.19. The summed E-state index contributed by atoms with van der Waals surface area (Å²) in [5, 5.41) is 7.02. The maximum atomic E-state index is 13.3. The molecule has 0 fully saturated rings. The van der Waals surface area contributed by atoms with Crippen molar-refractivity contribution in [1.29, 1.82) is 0 Å². The summed E-state index contributed by atoms with van der Waals surface area (Å²) < 4.78 is 18.4. The molecule has 0 atom stereocenters. The third-order valence-electron chi connectivity index (χ3n) is 3.54. The third kappa shape index (κ3) is 3.82. The van der Waals surface area contributed by atoms with Crippen LogP contribution in [0.4, 0.5) is 10.1 Å². The molecule has 0 saturated heterocycles. The zero-order chi connectivity index (χ0) is 17.8. The van der Waals surface area contributed by atoms with Gasteiger partial charge in [-0.05, 0) is 30.3 Å². The lowest BCUT2D eigenvalue weighted by molar-refractivity contribution is 0.0828. The number of amides is 1. The highest BCUT2D eigenvalue weighted by Gasteiger charge is 2.14. The van der Waals surface area contributed by atoms with Crippen molar-refractivity contribution in [2.24, 2.45) is 0 Å². The molecule has 3 rings (SSSR count). The second-order valence-electron chi connectivity index (χ2n) is 5.62. The van der Waals surface area contributed by atoms with Gasteiger partial charge < -0.3 is 14.7 Å². The number of carbonyl (C=O) groups is 1. The van der Waals surface area contributed by atoms with Gasteiger partial charge in [-0.25, -0.2) is 4.39 Å². The second kappa shape index (κ2) is 7.12. The van der Waals surface area contributed by atoms with E-state index in [0.29, 0.717) is 22.6 Å². The van der Waals surface area contributed by atoms with Crippen LogP contribution in [0.1, 0.15) is 16.2 Å². The number of hydrogen-bond acceptors (Lipinski definition) is 5. The average molecular weight is 340 g/mol. The Morgan fingerprint density at radius 1 is 1.20 bits per heavy atom. The lowest BCUT2D eigenvalue weighted by atomic mass is 10.1. The highest BCUT2D eigenvalue weighted by Crippen LogP contribution is 2.20. The van der Waals surface area contributed by atoms with E-state index in [1.807, 2.05) is 12.1 Å². The summed E-state index contributed by atoms with van der Waals surface area (Å²) in [6.07, 6.45) is 0. The van der Waals surface area contributed by atoms with Crippen LogP contribution >= 0.6 is 0 Å². The fourth-order valence-corrected chi connectivity index (χ4v) is 2.30. The van der Waals surface area contributed by atoms with Crippen LogP contribution in [0.25, 0.3) is 11.5 Å². The number of rotatable bonds is 5. The summed E-state index contributed by atoms with van der Waals surface area (Å²) in [4.78, 5) is 18.0. The number of anilines is 1. The first kappa shape index (κ1) is 16.6. The second-order valence-corrected chi connectivity index (χ2v) is 5.62. The zero-order valence-corrected chi connectivity index (χ0v) is 13.9. The van der Waals surface area contributed by atoms with Gasteiger partial charge in [0.1, 0.15) is 5.82 Å². The van der Waals surface area contributed by atoms with Crippen molar-refractivity contribution in [2.45, 2.75) is 6.54 Å². The highest BCUT2D eigenvalue weighted by atomic mass is 19.1. The summed E-state index contributed by atoms with van der Waals surface area (Å²) in [5.41, 5.74) is 1.75. The van der Waals surface area contributed by atoms with Crippen LogP contribution in [0.2, 0.25) is 0 Å². The molecule has 6 nitrogen and oxygen atoms in total. The number of aromatic nitrogens is 2. The minimum absolute atomic E-state index is 0.100. The van der Waals surface area contributed by atoms with E-state index in [1.54, 1.807) is 38.4 Å². The van der Waals surface area contributed by atoms with E-state index in [2.05, 4.69) is 15.5 Å². The minimum atomic E-state index is -0.369. The molecule has 2 aromatic carbocycles. The zero-order valence-electron chi connectivity index (χ0n) is 13.9. The number of carbonyl (C=O) groups excluding carboxylic acids is 1. The number of hydrogen-bond donors (Lipinski definition) is 1. The van der Waals surface area contributed by atoms with Gasteiger partial charge in [-0.3, -0.25) is 4.79 Å². The van der Waals surface area contributed by atoms with Crippen LogP contribution in [0.15, 0.2) is 53.1 Å². The molecule has 3 aromatic rings. The number of nitrogens with one attached hydrogen (secondary N) is 1. The van der Waals surface area contributed by atoms with E-state index in [-0.39, 0.29) is 24.2 Å². The number of benzene rings is 2. The molecular formula is C18H17FN4O2. The van der Waals surface area contributed by atoms with Gasteiger partial charge in [0, 0.05) is 25.3 Å². The van der Waals surface area contributed by atoms with Gasteiger partial charge in [0.15, 0.2) is 5.82 Å². The van der Waals surface area contributed by atoms with E-state index in [1.165, 1.54) is 17.0 Å². The van der Waals surface area contributed by atoms with Crippen LogP contribution in [0, 0.1) is 5.82 Å². The van der Waals surface area contributed by atoms with Crippen LogP contribution in [-0.2, 0) is 6.54 Å². The summed E-state index contributed by atoms with van der Waals surface area (Å²) in [6.45, 7) is 0.274. The lowest BCUT2D eigenvalue weighted by Crippen LogP contribution is -2.22. The Hall–Kier alpha value is -3.22. The molecular weight excluding hydrogens is 323 g/mol. The maximum absolute atomic E-state index is 13.3. The van der Waals surface area contributed by atoms with Crippen LogP contribution in [0.5, 0.6) is 0 Å². The Kier molecular flexibility index (Phi) is 4.74. The van der Waals surface area contributed by atoms with Gasteiger partial charge in [0.2, 0.25) is 0 Å². The van der Waals surface area contributed by atoms with Crippen molar-refractivity contribution in [3.05, 3.63) is 65.7 Å². The molecule has 1 amide bonds. The molecule has 1 heterocycles. The third-order valence-corrected chi connectivity index (χ3v) is 3.54. The van der Waals surface area contributed by atoms with Gasteiger partial charge in [0.25, 0.3) is 11.8 Å². The summed E-state index contributed by atoms with van der Waals surface area (Å²) in [6, 6.07) is 13.1. The van der Waals surface area contributed by atoms with Crippen molar-refractivity contribution < 1.29 is 13.7 Å². The van der Waals surface area contributed by atoms with E-state index in [0.717, 1.165) is 0 Å². The summed E-state index contributed by atoms with van der Waals surface area (Å²) in [5.74, 6) is 0.184. The smallest absolute Gasteiger partial charge is 0.258 e. The first-order valence-electron chi connectivity index (χ1n) is 7.67. The maximum Gasteiger partial charge on any atom is 0.258 e. The average Bonchev–Trinajstić information content (AvgIpc) is 3.08. The van der Waals surface area contributed by atoms with Gasteiger partial charge in [-0.15, -0.1) is 0 Å². The molecule has 0 saturated carbocycles. The first-order chi connectivity index (χ1) is 12.0. The van der Waals surface area contributed by atoms with E-state index >= 15 is 0 Å². The molecule has 0 unspecified atom stereocenters. The molecule has 0 aliphatic carbocycles. The van der Waals surface area contributed by atoms with Gasteiger partial charge in [0.05, 0.1) is 12.1 Å². The minimum Gasteiger partial charge on any atom is -0.377 e. The van der Waals surface area contributed by atoms with Crippen LogP contribution in [-0.4, -0.2) is 35.0 Å². The SMILES string of the molecule is CN(C)C(=O)c1ccccc1NCc1noc(-c2cccc(F)c2)n1. The first-order valence-corrected chi connectivity index (χ1v) is 7.67. The van der Waals surface area contributed by atoms with Crippen molar-refractivity contribution in [1.82, 2.24) is 15.0 Å². The van der Waals surface area contributed by atoms with Crippen molar-refractivity contribution in [3.63, 3.8) is 0 Å². The molecule has 25 heavy (non-hydrogen) atoms. The fourth-order valence-electron chi connectivity index (χ4n) is 2.30. The topological polar surface area (TPSA) is 71.3 Å². The van der Waals surface area contributed by atoms with Gasteiger partial charge >= 0.3 is 0 Å². The van der Waals surface area contributed by atoms with Crippen molar-refractivity contribution >= 4 is 11.6 Å². The molecule has 0 spiro atoms. The van der Waals surface area contributed by atoms with E-state index in [4.69, 9.17) is 4.52 Å². The fraction of sp³-hybridized carbons (Fsp3) is 0.167. The Bertz CT molecular complexity index is 892. The number of para-hydroxylation sites is 1. The molecule has 0 aliphatic heterocycles. The monoisotopic (exact) mass is 340 g/mol. The standard InChI is InChI=1S/C18H17FN4O2/c1-23(2)18(24)14-8-3-4-9-15(14)20-11-16-21-17(25-22-16)12-6-5-7-13(19)10-12/h3-10,20H,11H2,1-2H3. The summed E-state index contributed by atoms with van der Waals surface area (Å²) >= 11 is 0. The van der Waals surface area contributed by atoms with E-state index < -0.39 is 0 Å². The molecule has 0 radical (unpaired) electrons. The quantitative estimate of drug-likeness (QED) is 0.772.